The molecule has 0 aliphatic heterocycles. The van der Waals surface area contributed by atoms with E-state index >= 15 is 0 Å². The van der Waals surface area contributed by atoms with Gasteiger partial charge in [0, 0.05) is 6.08 Å². The average Bonchev–Trinajstić information content (AvgIpc) is 1.68. The summed E-state index contributed by atoms with van der Waals surface area (Å²) >= 11 is 0. The average molecular weight is 137 g/mol. The molecular weight excluding hydrogens is 128 g/mol. The quantitative estimate of drug-likeness (QED) is 0.400. The second kappa shape index (κ2) is 6.50. The number of esters is 1. The minimum absolute atomic E-state index is 0. The molecule has 0 N–H and O–H groups in total. The molecule has 0 spiro atoms. The van der Waals surface area contributed by atoms with E-state index in [0.29, 0.717) is 0 Å². The third-order valence-corrected chi connectivity index (χ3v) is 0.504. The lowest BCUT2D eigenvalue weighted by Gasteiger charge is -1.84. The van der Waals surface area contributed by atoms with Gasteiger partial charge in [-0.1, -0.05) is 6.08 Å². The normalized spacial score (nSPS) is 8.25. The molecule has 48 valence electrons. The summed E-state index contributed by atoms with van der Waals surface area (Å²) in [5.41, 5.74) is 0. The monoisotopic (exact) mass is 136 g/mol. The number of methoxy groups -OCH3 is 1. The summed E-state index contributed by atoms with van der Waals surface area (Å²) in [4.78, 5) is 10.1. The fourth-order valence-electron chi connectivity index (χ4n) is 0.204. The van der Waals surface area contributed by atoms with E-state index in [-0.39, 0.29) is 18.4 Å². The highest BCUT2D eigenvalue weighted by atomic mass is 35.5. The van der Waals surface area contributed by atoms with Crippen molar-refractivity contribution in [3.05, 3.63) is 12.2 Å². The molecule has 0 rings (SSSR count). The number of carbonyl (C=O) groups is 1. The van der Waals surface area contributed by atoms with Gasteiger partial charge in [0.15, 0.2) is 0 Å². The minimum Gasteiger partial charge on any atom is -0.466 e. The number of ether oxygens (including phenoxy) is 1. The van der Waals surface area contributed by atoms with Crippen LogP contribution in [-0.2, 0) is 9.53 Å². The van der Waals surface area contributed by atoms with Gasteiger partial charge in [0.1, 0.15) is 0 Å². The highest BCUT2D eigenvalue weighted by Crippen LogP contribution is 1.73. The van der Waals surface area contributed by atoms with E-state index in [2.05, 4.69) is 4.74 Å². The van der Waals surface area contributed by atoms with Crippen LogP contribution in [0.15, 0.2) is 12.2 Å². The molecule has 0 unspecified atom stereocenters. The van der Waals surface area contributed by atoms with Gasteiger partial charge in [-0.15, -0.1) is 12.4 Å². The van der Waals surface area contributed by atoms with Crippen LogP contribution in [0.25, 0.3) is 0 Å². The van der Waals surface area contributed by atoms with E-state index in [0.717, 1.165) is 0 Å². The van der Waals surface area contributed by atoms with E-state index in [1.165, 1.54) is 13.2 Å². The number of halogens is 1. The molecule has 2 nitrogen and oxygen atoms in total. The standard InChI is InChI=1S/C5H8O2.ClH/c1-3-4-5(6)7-2;/h3-4H,1-2H3;1H/b4-3+;. The zero-order chi connectivity index (χ0) is 5.70. The summed E-state index contributed by atoms with van der Waals surface area (Å²) in [5.74, 6) is -0.303. The van der Waals surface area contributed by atoms with Gasteiger partial charge < -0.3 is 4.74 Å². The molecule has 0 amide bonds. The van der Waals surface area contributed by atoms with Gasteiger partial charge in [-0.2, -0.15) is 0 Å². The molecule has 0 bridgehead atoms. The van der Waals surface area contributed by atoms with Gasteiger partial charge in [-0.05, 0) is 6.92 Å². The van der Waals surface area contributed by atoms with Crippen molar-refractivity contribution in [3.63, 3.8) is 0 Å². The van der Waals surface area contributed by atoms with Gasteiger partial charge in [0.25, 0.3) is 0 Å². The van der Waals surface area contributed by atoms with Crippen LogP contribution in [-0.4, -0.2) is 13.1 Å². The van der Waals surface area contributed by atoms with Crippen molar-refractivity contribution in [2.75, 3.05) is 7.11 Å². The first-order chi connectivity index (χ1) is 3.31. The van der Waals surface area contributed by atoms with Crippen molar-refractivity contribution in [3.8, 4) is 0 Å². The van der Waals surface area contributed by atoms with E-state index in [1.54, 1.807) is 13.0 Å². The maximum Gasteiger partial charge on any atom is 0.330 e. The summed E-state index contributed by atoms with van der Waals surface area (Å²) in [7, 11) is 1.35. The van der Waals surface area contributed by atoms with E-state index in [4.69, 9.17) is 0 Å². The van der Waals surface area contributed by atoms with Gasteiger partial charge in [0.05, 0.1) is 7.11 Å². The fraction of sp³-hybridized carbons (Fsp3) is 0.400. The van der Waals surface area contributed by atoms with Gasteiger partial charge in [-0.3, -0.25) is 0 Å². The topological polar surface area (TPSA) is 26.3 Å². The predicted molar refractivity (Wildman–Crippen MR) is 34.1 cm³/mol. The van der Waals surface area contributed by atoms with Crippen LogP contribution in [0.4, 0.5) is 0 Å². The molecular formula is C5H9ClO2. The SMILES string of the molecule is C/C=C/C(=O)OC.Cl. The Bertz CT molecular complexity index is 88.4. The molecule has 0 aromatic rings. The lowest BCUT2D eigenvalue weighted by atomic mass is 10.5. The Balaban J connectivity index is 0. The lowest BCUT2D eigenvalue weighted by Crippen LogP contribution is -1.92. The van der Waals surface area contributed by atoms with Crippen LogP contribution < -0.4 is 0 Å². The number of hydrogen-bond donors (Lipinski definition) is 0. The van der Waals surface area contributed by atoms with Crippen molar-refractivity contribution in [1.29, 1.82) is 0 Å². The highest BCUT2D eigenvalue weighted by molar-refractivity contribution is 5.85. The summed E-state index contributed by atoms with van der Waals surface area (Å²) in [6.07, 6.45) is 2.99. The fourth-order valence-corrected chi connectivity index (χ4v) is 0.204. The molecule has 0 aliphatic rings. The molecule has 0 saturated carbocycles. The Morgan fingerprint density at radius 3 is 2.25 bits per heavy atom. The van der Waals surface area contributed by atoms with Crippen molar-refractivity contribution < 1.29 is 9.53 Å². The zero-order valence-electron chi connectivity index (χ0n) is 4.88. The predicted octanol–water partition coefficient (Wildman–Crippen LogP) is 1.16. The Hall–Kier alpha value is -0.500. The summed E-state index contributed by atoms with van der Waals surface area (Å²) in [6, 6.07) is 0. The van der Waals surface area contributed by atoms with Crippen molar-refractivity contribution in [2.24, 2.45) is 0 Å². The summed E-state index contributed by atoms with van der Waals surface area (Å²) in [6.45, 7) is 1.76. The van der Waals surface area contributed by atoms with Crippen LogP contribution >= 0.6 is 12.4 Å². The van der Waals surface area contributed by atoms with Crippen LogP contribution in [0.2, 0.25) is 0 Å². The Morgan fingerprint density at radius 2 is 2.12 bits per heavy atom. The summed E-state index contributed by atoms with van der Waals surface area (Å²) < 4.78 is 4.26. The maximum absolute atomic E-state index is 10.1. The maximum atomic E-state index is 10.1. The third kappa shape index (κ3) is 5.50. The number of carbonyl (C=O) groups excluding carboxylic acids is 1. The van der Waals surface area contributed by atoms with Gasteiger partial charge in [-0.25, -0.2) is 4.79 Å². The third-order valence-electron chi connectivity index (χ3n) is 0.504. The minimum atomic E-state index is -0.303. The second-order valence-electron chi connectivity index (χ2n) is 1.02. The van der Waals surface area contributed by atoms with Crippen LogP contribution in [0.5, 0.6) is 0 Å². The molecule has 0 heterocycles. The van der Waals surface area contributed by atoms with E-state index in [9.17, 15) is 4.79 Å². The number of rotatable bonds is 1. The molecule has 0 aromatic carbocycles. The van der Waals surface area contributed by atoms with Crippen molar-refractivity contribution >= 4 is 18.4 Å². The molecule has 0 saturated heterocycles. The first kappa shape index (κ1) is 10.5. The number of hydrogen-bond acceptors (Lipinski definition) is 2. The second-order valence-corrected chi connectivity index (χ2v) is 1.02. The largest absolute Gasteiger partial charge is 0.466 e. The Labute approximate surface area is 54.9 Å². The van der Waals surface area contributed by atoms with Crippen molar-refractivity contribution in [2.45, 2.75) is 6.92 Å². The molecule has 0 radical (unpaired) electrons. The van der Waals surface area contributed by atoms with Crippen LogP contribution in [0.1, 0.15) is 6.92 Å². The molecule has 0 fully saturated rings. The molecule has 0 aromatic heterocycles. The van der Waals surface area contributed by atoms with Crippen LogP contribution in [0.3, 0.4) is 0 Å². The highest BCUT2D eigenvalue weighted by Gasteiger charge is 1.84. The number of allylic oxidation sites excluding steroid dienone is 1. The first-order valence-corrected chi connectivity index (χ1v) is 2.02. The lowest BCUT2D eigenvalue weighted by molar-refractivity contribution is -0.134. The van der Waals surface area contributed by atoms with Crippen LogP contribution in [0, 0.1) is 0 Å². The first-order valence-electron chi connectivity index (χ1n) is 2.02. The molecule has 0 atom stereocenters. The van der Waals surface area contributed by atoms with E-state index in [1.807, 2.05) is 0 Å². The Kier molecular flexibility index (Phi) is 8.51. The van der Waals surface area contributed by atoms with Gasteiger partial charge >= 0.3 is 5.97 Å². The summed E-state index contributed by atoms with van der Waals surface area (Å²) in [5, 5.41) is 0. The molecule has 0 aliphatic carbocycles. The van der Waals surface area contributed by atoms with Crippen molar-refractivity contribution in [1.82, 2.24) is 0 Å². The Morgan fingerprint density at radius 1 is 1.62 bits per heavy atom. The van der Waals surface area contributed by atoms with E-state index < -0.39 is 0 Å². The zero-order valence-corrected chi connectivity index (χ0v) is 5.70. The smallest absolute Gasteiger partial charge is 0.330 e. The molecule has 3 heteroatoms. The van der Waals surface area contributed by atoms with Gasteiger partial charge in [0.2, 0.25) is 0 Å². The molecule has 8 heavy (non-hydrogen) atoms.